The number of hydrogen-bond acceptors (Lipinski definition) is 7. The number of anilines is 1. The number of pyridine rings is 1. The first-order valence-electron chi connectivity index (χ1n) is 17.3. The van der Waals surface area contributed by atoms with Crippen molar-refractivity contribution in [3.63, 3.8) is 0 Å². The van der Waals surface area contributed by atoms with Gasteiger partial charge in [-0.15, -0.1) is 0 Å². The number of aromatic amines is 1. The zero-order chi connectivity index (χ0) is 40.3. The molecule has 1 saturated carbocycles. The fraction of sp³-hybridized carbons (Fsp3) is 0.361. The van der Waals surface area contributed by atoms with Crippen molar-refractivity contribution in [1.82, 2.24) is 34.5 Å². The van der Waals surface area contributed by atoms with Crippen molar-refractivity contribution in [3.8, 4) is 11.1 Å². The maximum absolute atomic E-state index is 16.1. The van der Waals surface area contributed by atoms with Crippen LogP contribution in [-0.2, 0) is 34.2 Å². The van der Waals surface area contributed by atoms with Gasteiger partial charge in [0.25, 0.3) is 12.3 Å². The summed E-state index contributed by atoms with van der Waals surface area (Å²) in [5, 5.41) is 8.55. The summed E-state index contributed by atoms with van der Waals surface area (Å²) in [4.78, 5) is 26.5. The summed E-state index contributed by atoms with van der Waals surface area (Å²) in [6.45, 7) is 3.73. The maximum atomic E-state index is 16.1. The number of sulfonamides is 1. The Morgan fingerprint density at radius 3 is 2.39 bits per heavy atom. The first kappa shape index (κ1) is 37.7. The van der Waals surface area contributed by atoms with Gasteiger partial charge in [-0.25, -0.2) is 40.6 Å². The Morgan fingerprint density at radius 1 is 1.07 bits per heavy atom. The van der Waals surface area contributed by atoms with E-state index in [9.17, 15) is 30.8 Å². The van der Waals surface area contributed by atoms with Gasteiger partial charge in [-0.05, 0) is 48.6 Å². The average molecular weight is 820 g/mol. The van der Waals surface area contributed by atoms with Gasteiger partial charge in [-0.1, -0.05) is 31.5 Å². The number of fused-ring (bicyclic) bond motifs is 5. The van der Waals surface area contributed by atoms with Gasteiger partial charge < -0.3 is 10.7 Å². The number of nitrogens with one attached hydrogen (secondary N) is 2. The molecule has 0 spiro atoms. The summed E-state index contributed by atoms with van der Waals surface area (Å²) in [7, 11) is -2.35. The Bertz CT molecular complexity index is 2710. The van der Waals surface area contributed by atoms with Crippen LogP contribution in [0.4, 0.5) is 32.2 Å². The van der Waals surface area contributed by atoms with Crippen LogP contribution >= 0.6 is 11.6 Å². The van der Waals surface area contributed by atoms with Gasteiger partial charge in [0.1, 0.15) is 34.9 Å². The van der Waals surface area contributed by atoms with E-state index in [1.54, 1.807) is 12.1 Å². The van der Waals surface area contributed by atoms with Gasteiger partial charge in [-0.2, -0.15) is 19.0 Å². The van der Waals surface area contributed by atoms with Gasteiger partial charge in [0.15, 0.2) is 11.5 Å². The molecule has 4 N–H and O–H groups in total. The average Bonchev–Trinajstić information content (AvgIpc) is 3.34. The molecular formula is C36H32ClF6N9O3S. The van der Waals surface area contributed by atoms with Crippen LogP contribution in [0.5, 0.6) is 0 Å². The number of rotatable bonds is 11. The van der Waals surface area contributed by atoms with Crippen LogP contribution in [0, 0.1) is 17.6 Å². The molecule has 4 aromatic heterocycles. The standard InChI is InChI=1S/C36H32ClF6N9O3S/c1-13(2)33-45-23-12-18(17-5-6-22(37)25-28(17)51(3)49-35(25)50-56(4,54)55)26(46-34(23)47-33)20(9-14-7-15(38)10-16(39)8-14)29(32(44)53)52-30-24(27(48-52)31(40)41)19-11-21(19)36(30,42)43/h5-8,10,12-13,19-21,29,31H,9,11H2,1-4H3,(H2,44,53)(H,49,50)(H,45,46,47)/t19-,20+,21+,29?/m0/s1. The van der Waals surface area contributed by atoms with Crippen molar-refractivity contribution in [2.75, 3.05) is 11.0 Å². The lowest BCUT2D eigenvalue weighted by Gasteiger charge is -2.29. The van der Waals surface area contributed by atoms with Crippen molar-refractivity contribution in [2.45, 2.75) is 62.8 Å². The third kappa shape index (κ3) is 6.14. The summed E-state index contributed by atoms with van der Waals surface area (Å²) in [5.41, 5.74) is 5.00. The molecular weight excluding hydrogens is 788 g/mol. The highest BCUT2D eigenvalue weighted by Gasteiger charge is 2.67. The first-order chi connectivity index (χ1) is 26.2. The van der Waals surface area contributed by atoms with Crippen molar-refractivity contribution in [2.24, 2.45) is 18.7 Å². The number of halogens is 7. The molecule has 4 atom stereocenters. The second-order valence-corrected chi connectivity index (χ2v) is 16.8. The Morgan fingerprint density at radius 2 is 1.77 bits per heavy atom. The number of nitrogens with two attached hydrogens (primary N) is 1. The number of hydrogen-bond donors (Lipinski definition) is 3. The van der Waals surface area contributed by atoms with Crippen LogP contribution in [0.15, 0.2) is 36.4 Å². The highest BCUT2D eigenvalue weighted by Crippen LogP contribution is 2.68. The minimum atomic E-state index is -3.87. The van der Waals surface area contributed by atoms with E-state index in [1.165, 1.54) is 17.8 Å². The Balaban J connectivity index is 1.46. The molecule has 0 aliphatic heterocycles. The molecule has 1 unspecified atom stereocenters. The molecule has 294 valence electrons. The molecule has 2 aromatic carbocycles. The second kappa shape index (κ2) is 12.9. The fourth-order valence-electron chi connectivity index (χ4n) is 8.03. The number of aryl methyl sites for hydroxylation is 1. The van der Waals surface area contributed by atoms with Gasteiger partial charge >= 0.3 is 0 Å². The molecule has 2 aliphatic rings. The van der Waals surface area contributed by atoms with Gasteiger partial charge in [0.2, 0.25) is 15.9 Å². The minimum absolute atomic E-state index is 0.0498. The van der Waals surface area contributed by atoms with E-state index in [4.69, 9.17) is 22.3 Å². The van der Waals surface area contributed by atoms with E-state index >= 15 is 8.78 Å². The Kier molecular flexibility index (Phi) is 8.72. The molecule has 8 rings (SSSR count). The van der Waals surface area contributed by atoms with Crippen molar-refractivity contribution in [3.05, 3.63) is 87.1 Å². The number of imidazole rings is 1. The number of benzene rings is 2. The van der Waals surface area contributed by atoms with E-state index < -0.39 is 81.5 Å². The molecule has 1 fully saturated rings. The van der Waals surface area contributed by atoms with E-state index in [0.717, 1.165) is 18.4 Å². The predicted molar refractivity (Wildman–Crippen MR) is 194 cm³/mol. The van der Waals surface area contributed by atoms with Crippen LogP contribution < -0.4 is 10.5 Å². The smallest absolute Gasteiger partial charge is 0.293 e. The van der Waals surface area contributed by atoms with E-state index in [1.807, 2.05) is 13.8 Å². The summed E-state index contributed by atoms with van der Waals surface area (Å²) in [6, 6.07) is 5.22. The van der Waals surface area contributed by atoms with Crippen LogP contribution in [-0.4, -0.2) is 55.1 Å². The summed E-state index contributed by atoms with van der Waals surface area (Å²) < 4.78 is 120. The fourth-order valence-corrected chi connectivity index (χ4v) is 8.77. The van der Waals surface area contributed by atoms with Crippen molar-refractivity contribution >= 4 is 55.4 Å². The van der Waals surface area contributed by atoms with Gasteiger partial charge in [-0.3, -0.25) is 14.2 Å². The van der Waals surface area contributed by atoms with E-state index in [2.05, 4.69) is 24.9 Å². The number of carbonyl (C=O) groups excluding carboxylic acids is 1. The number of amides is 1. The number of H-pyrrole nitrogens is 1. The number of alkyl halides is 4. The van der Waals surface area contributed by atoms with E-state index in [-0.39, 0.29) is 67.7 Å². The molecule has 20 heteroatoms. The van der Waals surface area contributed by atoms with Crippen molar-refractivity contribution in [1.29, 1.82) is 0 Å². The number of carbonyl (C=O) groups is 1. The van der Waals surface area contributed by atoms with E-state index in [0.29, 0.717) is 22.1 Å². The predicted octanol–water partition coefficient (Wildman–Crippen LogP) is 7.33. The second-order valence-electron chi connectivity index (χ2n) is 14.6. The zero-order valence-corrected chi connectivity index (χ0v) is 31.5. The molecule has 2 aliphatic carbocycles. The highest BCUT2D eigenvalue weighted by atomic mass is 35.5. The summed E-state index contributed by atoms with van der Waals surface area (Å²) in [6.07, 6.45) is -2.90. The highest BCUT2D eigenvalue weighted by molar-refractivity contribution is 7.92. The monoisotopic (exact) mass is 819 g/mol. The molecule has 6 aromatic rings. The third-order valence-corrected chi connectivity index (χ3v) is 11.2. The zero-order valence-electron chi connectivity index (χ0n) is 29.9. The largest absolute Gasteiger partial charge is 0.368 e. The molecule has 1 amide bonds. The normalized spacial score (nSPS) is 18.5. The molecule has 4 heterocycles. The lowest BCUT2D eigenvalue weighted by Crippen LogP contribution is -2.37. The number of primary amides is 1. The lowest BCUT2D eigenvalue weighted by molar-refractivity contribution is -0.122. The summed E-state index contributed by atoms with van der Waals surface area (Å²) in [5.74, 6) is -10.4. The number of nitrogens with zero attached hydrogens (tertiary/aromatic N) is 6. The van der Waals surface area contributed by atoms with Crippen LogP contribution in [0.2, 0.25) is 5.02 Å². The van der Waals surface area contributed by atoms with Crippen LogP contribution in [0.3, 0.4) is 0 Å². The maximum Gasteiger partial charge on any atom is 0.293 e. The SMILES string of the molecule is CC(C)c1nc2nc([C@@H](Cc3cc(F)cc(F)c3)C(C(N)=O)n3nc(C(F)F)c4c3C(F)(F)[C@@H]3C[C@H]43)c(-c3ccc(Cl)c4c(NS(C)(=O)=O)nn(C)c34)cc2[nH]1. The lowest BCUT2D eigenvalue weighted by atomic mass is 9.84. The Hall–Kier alpha value is -5.17. The number of aromatic nitrogens is 7. The van der Waals surface area contributed by atoms with Crippen LogP contribution in [0.1, 0.15) is 84.5 Å². The van der Waals surface area contributed by atoms with Crippen LogP contribution in [0.25, 0.3) is 33.2 Å². The van der Waals surface area contributed by atoms with Gasteiger partial charge in [0.05, 0.1) is 33.4 Å². The Labute approximate surface area is 319 Å². The third-order valence-electron chi connectivity index (χ3n) is 10.4. The molecule has 56 heavy (non-hydrogen) atoms. The molecule has 0 bridgehead atoms. The molecule has 0 saturated heterocycles. The summed E-state index contributed by atoms with van der Waals surface area (Å²) >= 11 is 6.64. The minimum Gasteiger partial charge on any atom is -0.368 e. The molecule has 12 nitrogen and oxygen atoms in total. The molecule has 0 radical (unpaired) electrons. The topological polar surface area (TPSA) is 166 Å². The quantitative estimate of drug-likeness (QED) is 0.115. The van der Waals surface area contributed by atoms with Gasteiger partial charge in [0, 0.05) is 47.6 Å². The van der Waals surface area contributed by atoms with Crippen molar-refractivity contribution < 1.29 is 39.6 Å². The first-order valence-corrected chi connectivity index (χ1v) is 19.6.